The monoisotopic (exact) mass is 388 g/mol. The second-order valence-electron chi connectivity index (χ2n) is 7.02. The molecule has 0 aliphatic carbocycles. The van der Waals surface area contributed by atoms with Crippen LogP contribution in [0.5, 0.6) is 0 Å². The summed E-state index contributed by atoms with van der Waals surface area (Å²) in [7, 11) is -2.47. The van der Waals surface area contributed by atoms with Gasteiger partial charge in [0.25, 0.3) is 5.91 Å². The van der Waals surface area contributed by atoms with E-state index in [0.717, 1.165) is 10.9 Å². The first-order chi connectivity index (χ1) is 12.9. The summed E-state index contributed by atoms with van der Waals surface area (Å²) in [6.45, 7) is 0. The Labute approximate surface area is 157 Å². The molecule has 1 aliphatic rings. The van der Waals surface area contributed by atoms with Gasteiger partial charge in [-0.2, -0.15) is 10.6 Å². The Kier molecular flexibility index (Phi) is 4.46. The van der Waals surface area contributed by atoms with E-state index in [9.17, 15) is 18.3 Å². The molecule has 3 aromatic rings. The minimum Gasteiger partial charge on any atom is -0.366 e. The fourth-order valence-corrected chi connectivity index (χ4v) is 5.38. The van der Waals surface area contributed by atoms with Crippen LogP contribution in [0.4, 0.5) is 4.39 Å². The summed E-state index contributed by atoms with van der Waals surface area (Å²) in [6, 6.07) is 9.90. The Balaban J connectivity index is 1.86. The molecule has 0 saturated carbocycles. The molecule has 0 spiro atoms. The Morgan fingerprint density at radius 2 is 1.89 bits per heavy atom. The maximum Gasteiger partial charge on any atom is 0.250 e. The molecule has 0 unspecified atom stereocenters. The number of nitrogens with one attached hydrogen (secondary N) is 1. The molecular formula is C20H21FN2O3S. The van der Waals surface area contributed by atoms with E-state index < -0.39 is 16.5 Å². The van der Waals surface area contributed by atoms with Crippen molar-refractivity contribution in [3.05, 3.63) is 59.5 Å². The first-order valence-corrected chi connectivity index (χ1v) is 10.7. The van der Waals surface area contributed by atoms with Gasteiger partial charge in [-0.05, 0) is 48.1 Å². The molecule has 0 atom stereocenters. The average Bonchev–Trinajstić information content (AvgIpc) is 3.05. The third kappa shape index (κ3) is 3.34. The molecule has 5 nitrogen and oxygen atoms in total. The summed E-state index contributed by atoms with van der Waals surface area (Å²) in [5, 5.41) is 0.827. The lowest BCUT2D eigenvalue weighted by atomic mass is 9.91. The molecule has 7 heteroatoms. The van der Waals surface area contributed by atoms with Gasteiger partial charge in [0, 0.05) is 28.7 Å². The lowest BCUT2D eigenvalue weighted by molar-refractivity contribution is 0.100. The summed E-state index contributed by atoms with van der Waals surface area (Å²) in [6.07, 6.45) is 3.17. The molecule has 1 fully saturated rings. The molecule has 0 bridgehead atoms. The molecule has 1 amide bonds. The maximum atomic E-state index is 14.3. The lowest BCUT2D eigenvalue weighted by Crippen LogP contribution is -2.19. The number of amides is 1. The average molecular weight is 388 g/mol. The van der Waals surface area contributed by atoms with Crippen molar-refractivity contribution in [1.82, 2.24) is 4.98 Å². The van der Waals surface area contributed by atoms with E-state index in [1.165, 1.54) is 6.07 Å². The zero-order valence-corrected chi connectivity index (χ0v) is 15.4. The molecule has 0 radical (unpaired) electrons. The number of primary amides is 1. The van der Waals surface area contributed by atoms with Gasteiger partial charge in [0.05, 0.1) is 11.1 Å². The highest BCUT2D eigenvalue weighted by Gasteiger charge is 2.27. The molecule has 142 valence electrons. The molecule has 1 aliphatic heterocycles. The van der Waals surface area contributed by atoms with Gasteiger partial charge in [-0.25, -0.2) is 4.39 Å². The van der Waals surface area contributed by atoms with Crippen LogP contribution in [-0.2, 0) is 0 Å². The van der Waals surface area contributed by atoms with E-state index in [1.54, 1.807) is 24.3 Å². The van der Waals surface area contributed by atoms with Crippen LogP contribution in [0.25, 0.3) is 22.0 Å². The van der Waals surface area contributed by atoms with E-state index >= 15 is 0 Å². The number of carbonyl (C=O) groups is 1. The highest BCUT2D eigenvalue weighted by Crippen LogP contribution is 2.49. The van der Waals surface area contributed by atoms with Crippen molar-refractivity contribution in [1.29, 1.82) is 0 Å². The number of benzene rings is 2. The third-order valence-electron chi connectivity index (χ3n) is 5.30. The molecular weight excluding hydrogens is 367 g/mol. The van der Waals surface area contributed by atoms with Crippen molar-refractivity contribution in [2.24, 2.45) is 5.73 Å². The fraction of sp³-hybridized carbons (Fsp3) is 0.250. The Morgan fingerprint density at radius 3 is 2.56 bits per heavy atom. The first-order valence-electron chi connectivity index (χ1n) is 8.79. The van der Waals surface area contributed by atoms with Gasteiger partial charge < -0.3 is 10.7 Å². The lowest BCUT2D eigenvalue weighted by Gasteiger charge is -2.39. The number of halogens is 1. The van der Waals surface area contributed by atoms with Crippen LogP contribution >= 0.6 is 10.6 Å². The highest BCUT2D eigenvalue weighted by atomic mass is 32.3. The van der Waals surface area contributed by atoms with Crippen LogP contribution in [0, 0.1) is 5.82 Å². The number of hydrogen-bond donors (Lipinski definition) is 4. The minimum absolute atomic E-state index is 0.148. The number of hydrogen-bond acceptors (Lipinski definition) is 3. The van der Waals surface area contributed by atoms with Gasteiger partial charge in [-0.1, -0.05) is 18.2 Å². The normalized spacial score (nSPS) is 18.5. The van der Waals surface area contributed by atoms with Crippen LogP contribution in [0.2, 0.25) is 0 Å². The summed E-state index contributed by atoms with van der Waals surface area (Å²) in [5.41, 5.74) is 8.53. The molecule has 2 heterocycles. The summed E-state index contributed by atoms with van der Waals surface area (Å²) >= 11 is 0. The van der Waals surface area contributed by atoms with E-state index in [1.807, 2.05) is 12.3 Å². The topological polar surface area (TPSA) is 99.3 Å². The van der Waals surface area contributed by atoms with Crippen molar-refractivity contribution in [3.63, 3.8) is 0 Å². The van der Waals surface area contributed by atoms with Gasteiger partial charge in [-0.3, -0.25) is 13.9 Å². The Bertz CT molecular complexity index is 1020. The van der Waals surface area contributed by atoms with Gasteiger partial charge >= 0.3 is 0 Å². The van der Waals surface area contributed by atoms with Crippen LogP contribution in [0.1, 0.15) is 34.7 Å². The second-order valence-corrected chi connectivity index (χ2v) is 9.44. The largest absolute Gasteiger partial charge is 0.366 e. The third-order valence-corrected chi connectivity index (χ3v) is 7.08. The van der Waals surface area contributed by atoms with Crippen LogP contribution in [0.3, 0.4) is 0 Å². The highest BCUT2D eigenvalue weighted by molar-refractivity contribution is 8.24. The van der Waals surface area contributed by atoms with Gasteiger partial charge in [-0.15, -0.1) is 0 Å². The van der Waals surface area contributed by atoms with Crippen LogP contribution < -0.4 is 5.73 Å². The van der Waals surface area contributed by atoms with Gasteiger partial charge in [0.15, 0.2) is 0 Å². The number of aromatic nitrogens is 1. The van der Waals surface area contributed by atoms with E-state index in [0.29, 0.717) is 46.6 Å². The van der Waals surface area contributed by atoms with Gasteiger partial charge in [0.1, 0.15) is 5.82 Å². The zero-order chi connectivity index (χ0) is 19.2. The van der Waals surface area contributed by atoms with Gasteiger partial charge in [0.2, 0.25) is 0 Å². The zero-order valence-electron chi connectivity index (χ0n) is 14.6. The first kappa shape index (κ1) is 18.0. The number of fused-ring (bicyclic) bond motifs is 1. The van der Waals surface area contributed by atoms with Crippen molar-refractivity contribution in [2.75, 3.05) is 11.5 Å². The van der Waals surface area contributed by atoms with Crippen LogP contribution in [-0.4, -0.2) is 31.5 Å². The second kappa shape index (κ2) is 6.67. The predicted molar refractivity (Wildman–Crippen MR) is 107 cm³/mol. The summed E-state index contributed by atoms with van der Waals surface area (Å²) in [4.78, 5) is 15.1. The molecule has 27 heavy (non-hydrogen) atoms. The van der Waals surface area contributed by atoms with E-state index in [-0.39, 0.29) is 11.7 Å². The summed E-state index contributed by atoms with van der Waals surface area (Å²) < 4.78 is 34.0. The molecule has 2 aromatic carbocycles. The minimum atomic E-state index is -2.47. The van der Waals surface area contributed by atoms with E-state index in [2.05, 4.69) is 4.98 Å². The van der Waals surface area contributed by atoms with Crippen LogP contribution in [0.15, 0.2) is 42.6 Å². The SMILES string of the molecule is NC(=O)c1cc(-c2ccccc2F)cc2c(C3CCS(O)(O)CC3)c[nH]c12. The van der Waals surface area contributed by atoms with Crippen molar-refractivity contribution in [3.8, 4) is 11.1 Å². The Hall–Kier alpha value is -2.35. The van der Waals surface area contributed by atoms with E-state index in [4.69, 9.17) is 5.73 Å². The number of H-pyrrole nitrogens is 1. The van der Waals surface area contributed by atoms with Crippen molar-refractivity contribution < 1.29 is 18.3 Å². The molecule has 5 N–H and O–H groups in total. The standard InChI is InChI=1S/C20H21FN2O3S/c21-18-4-2-1-3-14(18)13-9-15-17(12-5-7-27(25,26)8-6-12)11-23-19(15)16(10-13)20(22)24/h1-4,9-12,23,25-26H,5-8H2,(H2,22,24). The number of aromatic amines is 1. The molecule has 1 saturated heterocycles. The quantitative estimate of drug-likeness (QED) is 0.523. The number of rotatable bonds is 3. The van der Waals surface area contributed by atoms with Crippen molar-refractivity contribution >= 4 is 27.4 Å². The van der Waals surface area contributed by atoms with Crippen molar-refractivity contribution in [2.45, 2.75) is 18.8 Å². The molecule has 4 rings (SSSR count). The predicted octanol–water partition coefficient (Wildman–Crippen LogP) is 4.70. The number of nitrogens with two attached hydrogens (primary N) is 1. The summed E-state index contributed by atoms with van der Waals surface area (Å²) in [5.74, 6) is -0.0457. The molecule has 1 aromatic heterocycles. The Morgan fingerprint density at radius 1 is 1.19 bits per heavy atom. The maximum absolute atomic E-state index is 14.3. The fourth-order valence-electron chi connectivity index (χ4n) is 3.86. The number of carbonyl (C=O) groups excluding carboxylic acids is 1. The smallest absolute Gasteiger partial charge is 0.250 e.